The molecule has 0 spiro atoms. The third kappa shape index (κ3) is 3.64. The minimum absolute atomic E-state index is 0.260. The van der Waals surface area contributed by atoms with Crippen molar-refractivity contribution >= 4 is 0 Å². The predicted octanol–water partition coefficient (Wildman–Crippen LogP) is 3.30. The number of hydrogen-bond donors (Lipinski definition) is 1. The molecule has 3 rings (SSSR count). The van der Waals surface area contributed by atoms with Crippen LogP contribution in [0, 0.1) is 5.82 Å². The van der Waals surface area contributed by atoms with E-state index in [4.69, 9.17) is 0 Å². The Kier molecular flexibility index (Phi) is 4.07. The zero-order valence-electron chi connectivity index (χ0n) is 11.4. The number of benzene rings is 1. The van der Waals surface area contributed by atoms with Crippen LogP contribution in [0.3, 0.4) is 0 Å². The summed E-state index contributed by atoms with van der Waals surface area (Å²) in [7, 11) is 0. The van der Waals surface area contributed by atoms with E-state index >= 15 is 0 Å². The van der Waals surface area contributed by atoms with Crippen molar-refractivity contribution < 1.29 is 4.39 Å². The van der Waals surface area contributed by atoms with E-state index in [1.54, 1.807) is 12.3 Å². The first kappa shape index (κ1) is 13.3. The Balaban J connectivity index is 1.73. The zero-order chi connectivity index (χ0) is 13.8. The van der Waals surface area contributed by atoms with Gasteiger partial charge in [-0.15, -0.1) is 0 Å². The van der Waals surface area contributed by atoms with Gasteiger partial charge in [-0.25, -0.2) is 4.39 Å². The van der Waals surface area contributed by atoms with Gasteiger partial charge in [-0.3, -0.25) is 4.98 Å². The molecule has 1 aromatic heterocycles. The number of pyridine rings is 1. The fourth-order valence-electron chi connectivity index (χ4n) is 2.48. The van der Waals surface area contributed by atoms with Crippen LogP contribution in [-0.2, 0) is 6.42 Å². The lowest BCUT2D eigenvalue weighted by molar-refractivity contribution is 0.571. The summed E-state index contributed by atoms with van der Waals surface area (Å²) in [5, 5.41) is 3.58. The van der Waals surface area contributed by atoms with Crippen LogP contribution < -0.4 is 5.32 Å². The molecule has 1 unspecified atom stereocenters. The quantitative estimate of drug-likeness (QED) is 0.871. The van der Waals surface area contributed by atoms with Crippen molar-refractivity contribution in [3.63, 3.8) is 0 Å². The summed E-state index contributed by atoms with van der Waals surface area (Å²) in [6.07, 6.45) is 6.39. The molecule has 1 saturated carbocycles. The first-order valence-electron chi connectivity index (χ1n) is 7.19. The normalized spacial score (nSPS) is 16.1. The molecule has 2 nitrogen and oxygen atoms in total. The highest BCUT2D eigenvalue weighted by Gasteiger charge is 2.22. The van der Waals surface area contributed by atoms with Gasteiger partial charge in [0.1, 0.15) is 5.82 Å². The van der Waals surface area contributed by atoms with Gasteiger partial charge in [0.2, 0.25) is 0 Å². The van der Waals surface area contributed by atoms with Crippen LogP contribution in [0.5, 0.6) is 0 Å². The van der Waals surface area contributed by atoms with E-state index in [1.807, 2.05) is 6.07 Å². The lowest BCUT2D eigenvalue weighted by atomic mass is 9.92. The molecule has 1 aliphatic carbocycles. The molecule has 0 saturated heterocycles. The highest BCUT2D eigenvalue weighted by atomic mass is 19.1. The number of nitrogens with one attached hydrogen (secondary N) is 1. The SMILES string of the molecule is Fc1cncc(CC(CNC2CC2)c2ccccc2)c1. The molecular formula is C17H19FN2. The highest BCUT2D eigenvalue weighted by molar-refractivity contribution is 5.23. The molecule has 0 aliphatic heterocycles. The Hall–Kier alpha value is -1.74. The average Bonchev–Trinajstić information content (AvgIpc) is 3.29. The van der Waals surface area contributed by atoms with E-state index in [-0.39, 0.29) is 5.82 Å². The molecule has 1 aromatic carbocycles. The molecule has 0 amide bonds. The first-order chi connectivity index (χ1) is 9.81. The average molecular weight is 270 g/mol. The summed E-state index contributed by atoms with van der Waals surface area (Å²) in [4.78, 5) is 3.94. The van der Waals surface area contributed by atoms with Gasteiger partial charge >= 0.3 is 0 Å². The van der Waals surface area contributed by atoms with Gasteiger partial charge < -0.3 is 5.32 Å². The number of nitrogens with zero attached hydrogens (tertiary/aromatic N) is 1. The summed E-state index contributed by atoms with van der Waals surface area (Å²) < 4.78 is 13.3. The number of rotatable bonds is 6. The van der Waals surface area contributed by atoms with Crippen LogP contribution in [0.15, 0.2) is 48.8 Å². The van der Waals surface area contributed by atoms with Crippen molar-refractivity contribution in [1.82, 2.24) is 10.3 Å². The van der Waals surface area contributed by atoms with Gasteiger partial charge in [-0.05, 0) is 36.5 Å². The van der Waals surface area contributed by atoms with Crippen molar-refractivity contribution in [3.8, 4) is 0 Å². The molecular weight excluding hydrogens is 251 g/mol. The third-order valence-corrected chi connectivity index (χ3v) is 3.74. The molecule has 1 aliphatic rings. The minimum Gasteiger partial charge on any atom is -0.313 e. The van der Waals surface area contributed by atoms with Gasteiger partial charge in [-0.1, -0.05) is 30.3 Å². The van der Waals surface area contributed by atoms with Gasteiger partial charge in [0.05, 0.1) is 6.20 Å². The van der Waals surface area contributed by atoms with E-state index in [0.29, 0.717) is 12.0 Å². The fraction of sp³-hybridized carbons (Fsp3) is 0.353. The molecule has 2 aromatic rings. The summed E-state index contributed by atoms with van der Waals surface area (Å²) in [5.74, 6) is 0.102. The predicted molar refractivity (Wildman–Crippen MR) is 78.1 cm³/mol. The molecule has 3 heteroatoms. The molecule has 1 heterocycles. The van der Waals surface area contributed by atoms with E-state index < -0.39 is 0 Å². The Bertz CT molecular complexity index is 552. The lowest BCUT2D eigenvalue weighted by Crippen LogP contribution is -2.24. The molecule has 1 fully saturated rings. The molecule has 104 valence electrons. The molecule has 0 bridgehead atoms. The Labute approximate surface area is 119 Å². The van der Waals surface area contributed by atoms with Gasteiger partial charge in [0, 0.05) is 24.7 Å². The highest BCUT2D eigenvalue weighted by Crippen LogP contribution is 2.24. The van der Waals surface area contributed by atoms with Crippen molar-refractivity contribution in [3.05, 3.63) is 65.7 Å². The second kappa shape index (κ2) is 6.14. The monoisotopic (exact) mass is 270 g/mol. The van der Waals surface area contributed by atoms with E-state index in [1.165, 1.54) is 24.6 Å². The minimum atomic E-state index is -0.260. The van der Waals surface area contributed by atoms with Gasteiger partial charge in [-0.2, -0.15) is 0 Å². The van der Waals surface area contributed by atoms with Crippen molar-refractivity contribution in [1.29, 1.82) is 0 Å². The molecule has 1 atom stereocenters. The Morgan fingerprint density at radius 1 is 1.20 bits per heavy atom. The van der Waals surface area contributed by atoms with E-state index in [0.717, 1.165) is 18.5 Å². The van der Waals surface area contributed by atoms with Crippen molar-refractivity contribution in [2.45, 2.75) is 31.2 Å². The Morgan fingerprint density at radius 2 is 2.00 bits per heavy atom. The summed E-state index contributed by atoms with van der Waals surface area (Å²) in [5.41, 5.74) is 2.25. The van der Waals surface area contributed by atoms with Crippen LogP contribution in [-0.4, -0.2) is 17.6 Å². The smallest absolute Gasteiger partial charge is 0.141 e. The standard InChI is InChI=1S/C17H19FN2/c18-16-9-13(10-19-12-16)8-15(11-20-17-6-7-17)14-4-2-1-3-5-14/h1-5,9-10,12,15,17,20H,6-8,11H2. The summed E-state index contributed by atoms with van der Waals surface area (Å²) >= 11 is 0. The number of hydrogen-bond acceptors (Lipinski definition) is 2. The summed E-state index contributed by atoms with van der Waals surface area (Å²) in [6.45, 7) is 0.936. The fourth-order valence-corrected chi connectivity index (χ4v) is 2.48. The van der Waals surface area contributed by atoms with Crippen molar-refractivity contribution in [2.75, 3.05) is 6.54 Å². The third-order valence-electron chi connectivity index (χ3n) is 3.74. The molecule has 20 heavy (non-hydrogen) atoms. The second-order valence-electron chi connectivity index (χ2n) is 5.51. The van der Waals surface area contributed by atoms with Crippen molar-refractivity contribution in [2.24, 2.45) is 0 Å². The number of aromatic nitrogens is 1. The molecule has 0 radical (unpaired) electrons. The van der Waals surface area contributed by atoms with Crippen LogP contribution >= 0.6 is 0 Å². The maximum Gasteiger partial charge on any atom is 0.141 e. The number of halogens is 1. The zero-order valence-corrected chi connectivity index (χ0v) is 11.4. The van der Waals surface area contributed by atoms with Crippen LogP contribution in [0.1, 0.15) is 29.9 Å². The maximum absolute atomic E-state index is 13.3. The largest absolute Gasteiger partial charge is 0.313 e. The van der Waals surface area contributed by atoms with E-state index in [2.05, 4.69) is 34.6 Å². The lowest BCUT2D eigenvalue weighted by Gasteiger charge is -2.18. The van der Waals surface area contributed by atoms with Gasteiger partial charge in [0.25, 0.3) is 0 Å². The molecule has 1 N–H and O–H groups in total. The topological polar surface area (TPSA) is 24.9 Å². The summed E-state index contributed by atoms with van der Waals surface area (Å²) in [6, 6.07) is 12.7. The first-order valence-corrected chi connectivity index (χ1v) is 7.19. The van der Waals surface area contributed by atoms with Gasteiger partial charge in [0.15, 0.2) is 0 Å². The van der Waals surface area contributed by atoms with Crippen LogP contribution in [0.2, 0.25) is 0 Å². The van der Waals surface area contributed by atoms with E-state index in [9.17, 15) is 4.39 Å². The Morgan fingerprint density at radius 3 is 2.70 bits per heavy atom. The maximum atomic E-state index is 13.3. The van der Waals surface area contributed by atoms with Crippen LogP contribution in [0.25, 0.3) is 0 Å². The second-order valence-corrected chi connectivity index (χ2v) is 5.51. The van der Waals surface area contributed by atoms with Crippen LogP contribution in [0.4, 0.5) is 4.39 Å².